The van der Waals surface area contributed by atoms with Gasteiger partial charge in [0.2, 0.25) is 5.13 Å². The minimum absolute atomic E-state index is 0.856. The standard InChI is InChI=1S/C12H13N5S4/c1-2-9-14-11(21-17-9)20-12-16-15-10(19-12)13-6-5-8-4-3-7-18-8/h3-4,7H,2,5-6H2,1H3,(H,13,15). The highest BCUT2D eigenvalue weighted by Crippen LogP contribution is 2.32. The number of anilines is 1. The smallest absolute Gasteiger partial charge is 0.206 e. The molecule has 0 saturated heterocycles. The highest BCUT2D eigenvalue weighted by Gasteiger charge is 2.09. The maximum Gasteiger partial charge on any atom is 0.206 e. The van der Waals surface area contributed by atoms with E-state index in [1.165, 1.54) is 28.2 Å². The first kappa shape index (κ1) is 14.9. The third-order valence-corrected chi connectivity index (χ3v) is 6.23. The van der Waals surface area contributed by atoms with Gasteiger partial charge < -0.3 is 5.32 Å². The minimum Gasteiger partial charge on any atom is -0.360 e. The molecule has 3 aromatic rings. The zero-order valence-corrected chi connectivity index (χ0v) is 14.5. The molecule has 0 amide bonds. The summed E-state index contributed by atoms with van der Waals surface area (Å²) >= 11 is 6.28. The Bertz CT molecular complexity index is 675. The van der Waals surface area contributed by atoms with E-state index < -0.39 is 0 Å². The number of hydrogen-bond acceptors (Lipinski definition) is 9. The van der Waals surface area contributed by atoms with E-state index in [0.717, 1.165) is 39.0 Å². The molecular weight excluding hydrogens is 342 g/mol. The summed E-state index contributed by atoms with van der Waals surface area (Å²) in [5, 5.41) is 14.6. The van der Waals surface area contributed by atoms with Crippen molar-refractivity contribution in [1.29, 1.82) is 0 Å². The summed E-state index contributed by atoms with van der Waals surface area (Å²) < 4.78 is 6.09. The summed E-state index contributed by atoms with van der Waals surface area (Å²) in [7, 11) is 0. The molecular formula is C12H13N5S4. The molecule has 0 aliphatic carbocycles. The van der Waals surface area contributed by atoms with Crippen molar-refractivity contribution in [2.75, 3.05) is 11.9 Å². The summed E-state index contributed by atoms with van der Waals surface area (Å²) in [6.07, 6.45) is 1.87. The summed E-state index contributed by atoms with van der Waals surface area (Å²) in [5.74, 6) is 0.890. The van der Waals surface area contributed by atoms with Gasteiger partial charge in [-0.2, -0.15) is 4.37 Å². The van der Waals surface area contributed by atoms with Gasteiger partial charge in [-0.1, -0.05) is 24.3 Å². The van der Waals surface area contributed by atoms with Crippen LogP contribution >= 0.6 is 46.0 Å². The first-order valence-electron chi connectivity index (χ1n) is 6.43. The molecule has 3 heterocycles. The molecule has 110 valence electrons. The molecule has 0 unspecified atom stereocenters. The molecule has 0 bridgehead atoms. The van der Waals surface area contributed by atoms with Crippen LogP contribution in [0.25, 0.3) is 0 Å². The fraction of sp³-hybridized carbons (Fsp3) is 0.333. The first-order valence-corrected chi connectivity index (χ1v) is 9.72. The molecule has 0 atom stereocenters. The van der Waals surface area contributed by atoms with Crippen molar-refractivity contribution in [2.45, 2.75) is 28.4 Å². The van der Waals surface area contributed by atoms with E-state index in [-0.39, 0.29) is 0 Å². The number of aromatic nitrogens is 4. The van der Waals surface area contributed by atoms with Crippen LogP contribution in [0.15, 0.2) is 26.2 Å². The van der Waals surface area contributed by atoms with Crippen molar-refractivity contribution < 1.29 is 0 Å². The lowest BCUT2D eigenvalue weighted by Gasteiger charge is -1.98. The van der Waals surface area contributed by atoms with Crippen LogP contribution in [-0.2, 0) is 12.8 Å². The zero-order valence-electron chi connectivity index (χ0n) is 11.3. The van der Waals surface area contributed by atoms with Gasteiger partial charge in [-0.25, -0.2) is 4.98 Å². The van der Waals surface area contributed by atoms with E-state index in [0.29, 0.717) is 0 Å². The average molecular weight is 356 g/mol. The third-order valence-electron chi connectivity index (χ3n) is 2.57. The predicted molar refractivity (Wildman–Crippen MR) is 89.8 cm³/mol. The predicted octanol–water partition coefficient (Wildman–Crippen LogP) is 3.82. The van der Waals surface area contributed by atoms with E-state index in [4.69, 9.17) is 0 Å². The van der Waals surface area contributed by atoms with Crippen LogP contribution < -0.4 is 5.32 Å². The van der Waals surface area contributed by atoms with E-state index in [1.807, 2.05) is 0 Å². The SMILES string of the molecule is CCc1nsc(Sc2nnc(NCCc3cccs3)s2)n1. The van der Waals surface area contributed by atoms with Crippen molar-refractivity contribution in [3.63, 3.8) is 0 Å². The first-order chi connectivity index (χ1) is 10.3. The Morgan fingerprint density at radius 2 is 2.24 bits per heavy atom. The number of rotatable bonds is 7. The summed E-state index contributed by atoms with van der Waals surface area (Å²) in [6.45, 7) is 2.93. The second-order valence-corrected chi connectivity index (χ2v) is 8.32. The van der Waals surface area contributed by atoms with Gasteiger partial charge in [0.15, 0.2) is 8.68 Å². The molecule has 1 N–H and O–H groups in total. The molecule has 0 radical (unpaired) electrons. The molecule has 0 aliphatic rings. The molecule has 0 aliphatic heterocycles. The summed E-state index contributed by atoms with van der Waals surface area (Å²) in [6, 6.07) is 4.22. The normalized spacial score (nSPS) is 10.9. The lowest BCUT2D eigenvalue weighted by molar-refractivity contribution is 0.965. The van der Waals surface area contributed by atoms with Crippen molar-refractivity contribution in [3.05, 3.63) is 28.2 Å². The van der Waals surface area contributed by atoms with Crippen LogP contribution in [0.2, 0.25) is 0 Å². The monoisotopic (exact) mass is 355 g/mol. The Morgan fingerprint density at radius 3 is 3.00 bits per heavy atom. The van der Waals surface area contributed by atoms with E-state index in [9.17, 15) is 0 Å². The van der Waals surface area contributed by atoms with Crippen molar-refractivity contribution in [1.82, 2.24) is 19.6 Å². The van der Waals surface area contributed by atoms with Crippen LogP contribution in [0.3, 0.4) is 0 Å². The van der Waals surface area contributed by atoms with Crippen molar-refractivity contribution in [2.24, 2.45) is 0 Å². The number of aryl methyl sites for hydroxylation is 1. The lowest BCUT2D eigenvalue weighted by atomic mass is 10.3. The minimum atomic E-state index is 0.856. The molecule has 9 heteroatoms. The average Bonchev–Trinajstić information content (AvgIpc) is 3.21. The van der Waals surface area contributed by atoms with Crippen LogP contribution in [0.1, 0.15) is 17.6 Å². The highest BCUT2D eigenvalue weighted by molar-refractivity contribution is 8.02. The molecule has 0 fully saturated rings. The van der Waals surface area contributed by atoms with Gasteiger partial charge in [0.1, 0.15) is 5.82 Å². The molecule has 3 aromatic heterocycles. The van der Waals surface area contributed by atoms with Crippen LogP contribution in [0, 0.1) is 0 Å². The van der Waals surface area contributed by atoms with E-state index >= 15 is 0 Å². The number of nitrogens with zero attached hydrogens (tertiary/aromatic N) is 4. The molecule has 0 spiro atoms. The van der Waals surface area contributed by atoms with Gasteiger partial charge in [0.25, 0.3) is 0 Å². The number of hydrogen-bond donors (Lipinski definition) is 1. The van der Waals surface area contributed by atoms with Gasteiger partial charge in [-0.15, -0.1) is 21.5 Å². The molecule has 21 heavy (non-hydrogen) atoms. The topological polar surface area (TPSA) is 63.6 Å². The Morgan fingerprint density at radius 1 is 1.29 bits per heavy atom. The molecule has 5 nitrogen and oxygen atoms in total. The van der Waals surface area contributed by atoms with Crippen molar-refractivity contribution >= 4 is 51.1 Å². The summed E-state index contributed by atoms with van der Waals surface area (Å²) in [5.41, 5.74) is 0. The van der Waals surface area contributed by atoms with Gasteiger partial charge in [0, 0.05) is 17.8 Å². The van der Waals surface area contributed by atoms with Gasteiger partial charge >= 0.3 is 0 Å². The third kappa shape index (κ3) is 4.22. The summed E-state index contributed by atoms with van der Waals surface area (Å²) in [4.78, 5) is 5.80. The number of nitrogens with one attached hydrogen (secondary N) is 1. The Kier molecular flexibility index (Phi) is 5.17. The van der Waals surface area contributed by atoms with Crippen molar-refractivity contribution in [3.8, 4) is 0 Å². The van der Waals surface area contributed by atoms with Gasteiger partial charge in [0.05, 0.1) is 0 Å². The fourth-order valence-electron chi connectivity index (χ4n) is 1.57. The number of thiophene rings is 1. The maximum atomic E-state index is 4.42. The molecule has 3 rings (SSSR count). The lowest BCUT2D eigenvalue weighted by Crippen LogP contribution is -2.03. The highest BCUT2D eigenvalue weighted by atomic mass is 32.2. The molecule has 0 aromatic carbocycles. The van der Waals surface area contributed by atoms with Gasteiger partial charge in [-0.05, 0) is 41.2 Å². The second-order valence-electron chi connectivity index (χ2n) is 4.06. The second kappa shape index (κ2) is 7.30. The maximum absolute atomic E-state index is 4.42. The van der Waals surface area contributed by atoms with Crippen LogP contribution in [-0.4, -0.2) is 26.1 Å². The Labute approximate surface area is 139 Å². The van der Waals surface area contributed by atoms with Crippen LogP contribution in [0.4, 0.5) is 5.13 Å². The van der Waals surface area contributed by atoms with Gasteiger partial charge in [-0.3, -0.25) is 0 Å². The fourth-order valence-corrected chi connectivity index (χ4v) is 4.96. The zero-order chi connectivity index (χ0) is 14.5. The van der Waals surface area contributed by atoms with E-state index in [1.54, 1.807) is 22.7 Å². The molecule has 0 saturated carbocycles. The van der Waals surface area contributed by atoms with E-state index in [2.05, 4.69) is 49.3 Å². The van der Waals surface area contributed by atoms with Crippen LogP contribution in [0.5, 0.6) is 0 Å². The largest absolute Gasteiger partial charge is 0.360 e. The Balaban J connectivity index is 1.51. The quantitative estimate of drug-likeness (QED) is 0.695. The Hall–Kier alpha value is -1.03.